The molecule has 94 valence electrons. The highest BCUT2D eigenvalue weighted by atomic mass is 16.5. The second-order valence-electron chi connectivity index (χ2n) is 3.65. The fourth-order valence-electron chi connectivity index (χ4n) is 1.19. The van der Waals surface area contributed by atoms with Gasteiger partial charge in [-0.25, -0.2) is 4.79 Å². The van der Waals surface area contributed by atoms with Gasteiger partial charge in [-0.3, -0.25) is 0 Å². The molecule has 0 saturated heterocycles. The minimum absolute atomic E-state index is 0.123. The summed E-state index contributed by atoms with van der Waals surface area (Å²) in [5.74, 6) is 9.99. The van der Waals surface area contributed by atoms with E-state index >= 15 is 0 Å². The number of carbonyl (C=O) groups is 1. The van der Waals surface area contributed by atoms with E-state index in [0.717, 1.165) is 12.8 Å². The van der Waals surface area contributed by atoms with Crippen LogP contribution in [0.4, 0.5) is 0 Å². The van der Waals surface area contributed by atoms with E-state index < -0.39 is 5.97 Å². The van der Waals surface area contributed by atoms with Crippen LogP contribution in [-0.4, -0.2) is 24.3 Å². The van der Waals surface area contributed by atoms with Crippen LogP contribution in [0.5, 0.6) is 0 Å². The van der Waals surface area contributed by atoms with Crippen molar-refractivity contribution in [2.45, 2.75) is 45.4 Å². The zero-order valence-electron chi connectivity index (χ0n) is 10.4. The predicted octanol–water partition coefficient (Wildman–Crippen LogP) is 2.45. The molecule has 0 amide bonds. The molecule has 0 unspecified atom stereocenters. The van der Waals surface area contributed by atoms with E-state index in [2.05, 4.69) is 30.6 Å². The van der Waals surface area contributed by atoms with E-state index in [4.69, 9.17) is 9.84 Å². The van der Waals surface area contributed by atoms with Crippen molar-refractivity contribution in [2.24, 2.45) is 0 Å². The average Bonchev–Trinajstić information content (AvgIpc) is 2.30. The Morgan fingerprint density at radius 3 is 2.53 bits per heavy atom. The summed E-state index contributed by atoms with van der Waals surface area (Å²) in [5.41, 5.74) is 0. The molecule has 0 aliphatic rings. The normalized spacial score (nSPS) is 8.76. The summed E-state index contributed by atoms with van der Waals surface area (Å²) in [5, 5.41) is 8.27. The lowest BCUT2D eigenvalue weighted by Crippen LogP contribution is -2.06. The summed E-state index contributed by atoms with van der Waals surface area (Å²) in [6.07, 6.45) is 7.09. The molecule has 0 saturated carbocycles. The zero-order valence-corrected chi connectivity index (χ0v) is 10.4. The van der Waals surface area contributed by atoms with Crippen LogP contribution in [0.1, 0.15) is 45.4 Å². The molecule has 3 nitrogen and oxygen atoms in total. The Bertz CT molecular complexity index is 312. The number of carboxylic acids is 1. The maximum Gasteiger partial charge on any atom is 0.329 e. The van der Waals surface area contributed by atoms with Crippen molar-refractivity contribution in [3.8, 4) is 23.7 Å². The summed E-state index contributed by atoms with van der Waals surface area (Å²) in [6, 6.07) is 0. The molecule has 0 aromatic carbocycles. The van der Waals surface area contributed by atoms with Crippen LogP contribution in [-0.2, 0) is 9.53 Å². The molecule has 0 aliphatic heterocycles. The number of ether oxygens (including phenoxy) is 1. The summed E-state index contributed by atoms with van der Waals surface area (Å²) in [4.78, 5) is 10.1. The fraction of sp³-hybridized carbons (Fsp3) is 0.643. The van der Waals surface area contributed by atoms with Crippen LogP contribution >= 0.6 is 0 Å². The van der Waals surface area contributed by atoms with Gasteiger partial charge in [0.25, 0.3) is 0 Å². The van der Waals surface area contributed by atoms with Gasteiger partial charge in [0.05, 0.1) is 0 Å². The van der Waals surface area contributed by atoms with Crippen molar-refractivity contribution in [3.05, 3.63) is 0 Å². The van der Waals surface area contributed by atoms with E-state index in [1.54, 1.807) is 0 Å². The number of unbranched alkanes of at least 4 members (excludes halogenated alkanes) is 5. The number of rotatable bonds is 8. The van der Waals surface area contributed by atoms with Crippen molar-refractivity contribution in [3.63, 3.8) is 0 Å². The molecule has 0 spiro atoms. The first kappa shape index (κ1) is 15.6. The minimum atomic E-state index is -0.982. The Labute approximate surface area is 104 Å². The Morgan fingerprint density at radius 1 is 1.12 bits per heavy atom. The molecule has 0 radical (unpaired) electrons. The molecular weight excluding hydrogens is 216 g/mol. The Balaban J connectivity index is 3.35. The van der Waals surface area contributed by atoms with Crippen molar-refractivity contribution >= 4 is 5.97 Å². The number of hydrogen-bond acceptors (Lipinski definition) is 2. The van der Waals surface area contributed by atoms with Gasteiger partial charge in [0.15, 0.2) is 0 Å². The molecule has 0 fully saturated rings. The van der Waals surface area contributed by atoms with Gasteiger partial charge in [0, 0.05) is 6.42 Å². The first-order chi connectivity index (χ1) is 8.27. The number of aliphatic carboxylic acids is 1. The molecule has 0 heterocycles. The van der Waals surface area contributed by atoms with Gasteiger partial charge in [-0.2, -0.15) is 0 Å². The molecular formula is C14H20O3. The summed E-state index contributed by atoms with van der Waals surface area (Å²) in [7, 11) is 0. The van der Waals surface area contributed by atoms with Crippen LogP contribution in [0, 0.1) is 23.7 Å². The van der Waals surface area contributed by atoms with Gasteiger partial charge in [-0.05, 0) is 18.3 Å². The van der Waals surface area contributed by atoms with E-state index in [9.17, 15) is 4.79 Å². The second kappa shape index (κ2) is 12.6. The summed E-state index contributed by atoms with van der Waals surface area (Å²) < 4.78 is 4.73. The molecule has 0 bridgehead atoms. The van der Waals surface area contributed by atoms with Gasteiger partial charge < -0.3 is 9.84 Å². The molecule has 0 aromatic heterocycles. The van der Waals surface area contributed by atoms with Crippen LogP contribution in [0.15, 0.2) is 0 Å². The van der Waals surface area contributed by atoms with Gasteiger partial charge in [0.1, 0.15) is 13.2 Å². The smallest absolute Gasteiger partial charge is 0.329 e. The van der Waals surface area contributed by atoms with E-state index in [1.807, 2.05) is 0 Å². The quantitative estimate of drug-likeness (QED) is 0.520. The lowest BCUT2D eigenvalue weighted by molar-refractivity contribution is -0.141. The molecule has 0 atom stereocenters. The van der Waals surface area contributed by atoms with Gasteiger partial charge in [-0.1, -0.05) is 44.4 Å². The first-order valence-corrected chi connectivity index (χ1v) is 6.02. The van der Waals surface area contributed by atoms with Crippen LogP contribution in [0.3, 0.4) is 0 Å². The summed E-state index contributed by atoms with van der Waals surface area (Å²) in [6.45, 7) is 2.01. The van der Waals surface area contributed by atoms with E-state index in [0.29, 0.717) is 0 Å². The highest BCUT2D eigenvalue weighted by Gasteiger charge is 1.92. The number of hydrogen-bond donors (Lipinski definition) is 1. The Hall–Kier alpha value is -1.45. The Morgan fingerprint density at radius 2 is 1.82 bits per heavy atom. The van der Waals surface area contributed by atoms with Crippen LogP contribution in [0.2, 0.25) is 0 Å². The lowest BCUT2D eigenvalue weighted by atomic mass is 10.1. The van der Waals surface area contributed by atoms with Crippen molar-refractivity contribution in [2.75, 3.05) is 13.2 Å². The van der Waals surface area contributed by atoms with Crippen molar-refractivity contribution in [1.29, 1.82) is 0 Å². The zero-order chi connectivity index (χ0) is 12.8. The first-order valence-electron chi connectivity index (χ1n) is 6.02. The highest BCUT2D eigenvalue weighted by Crippen LogP contribution is 2.03. The van der Waals surface area contributed by atoms with E-state index in [-0.39, 0.29) is 13.2 Å². The molecule has 1 N–H and O–H groups in total. The van der Waals surface area contributed by atoms with Gasteiger partial charge in [0.2, 0.25) is 0 Å². The van der Waals surface area contributed by atoms with Gasteiger partial charge >= 0.3 is 5.97 Å². The minimum Gasteiger partial charge on any atom is -0.480 e. The summed E-state index contributed by atoms with van der Waals surface area (Å²) >= 11 is 0. The lowest BCUT2D eigenvalue weighted by Gasteiger charge is -1.93. The monoisotopic (exact) mass is 236 g/mol. The molecule has 0 rings (SSSR count). The van der Waals surface area contributed by atoms with Crippen LogP contribution in [0.25, 0.3) is 0 Å². The third kappa shape index (κ3) is 14.6. The maximum atomic E-state index is 10.1. The van der Waals surface area contributed by atoms with Crippen molar-refractivity contribution in [1.82, 2.24) is 0 Å². The number of carboxylic acid groups (broad SMARTS) is 1. The largest absolute Gasteiger partial charge is 0.480 e. The topological polar surface area (TPSA) is 46.5 Å². The molecule has 0 aromatic rings. The third-order valence-electron chi connectivity index (χ3n) is 2.04. The highest BCUT2D eigenvalue weighted by molar-refractivity contribution is 5.68. The van der Waals surface area contributed by atoms with Crippen LogP contribution < -0.4 is 0 Å². The second-order valence-corrected chi connectivity index (χ2v) is 3.65. The Kier molecular flexibility index (Phi) is 11.5. The molecule has 0 aliphatic carbocycles. The average molecular weight is 236 g/mol. The van der Waals surface area contributed by atoms with Gasteiger partial charge in [-0.15, -0.1) is 0 Å². The standard InChI is InChI=1S/C14H20O3/c1-2-3-4-5-6-7-8-9-10-11-12-17-13-14(15)16/h2-7,12-13H2,1H3,(H,15,16). The molecule has 3 heteroatoms. The maximum absolute atomic E-state index is 10.1. The third-order valence-corrected chi connectivity index (χ3v) is 2.04. The fourth-order valence-corrected chi connectivity index (χ4v) is 1.19. The van der Waals surface area contributed by atoms with Crippen molar-refractivity contribution < 1.29 is 14.6 Å². The van der Waals surface area contributed by atoms with E-state index in [1.165, 1.54) is 25.7 Å². The predicted molar refractivity (Wildman–Crippen MR) is 67.4 cm³/mol. The molecule has 17 heavy (non-hydrogen) atoms. The SMILES string of the molecule is CCCCCCCC#CC#CCOCC(=O)O.